The largest absolute Gasteiger partial charge is 2.00 e. The van der Waals surface area contributed by atoms with E-state index in [2.05, 4.69) is 11.8 Å². The van der Waals surface area contributed by atoms with Crippen LogP contribution in [0.4, 0.5) is 0 Å². The van der Waals surface area contributed by atoms with Crippen LogP contribution in [0.15, 0.2) is 0 Å². The maximum atomic E-state index is 10.7. The second-order valence-corrected chi connectivity index (χ2v) is 6.16. The van der Waals surface area contributed by atoms with Crippen molar-refractivity contribution in [1.82, 2.24) is 0 Å². The van der Waals surface area contributed by atoms with Gasteiger partial charge in [0, 0.05) is 6.42 Å². The average Bonchev–Trinajstić information content (AvgIpc) is 2.50. The van der Waals surface area contributed by atoms with Crippen molar-refractivity contribution in [2.24, 2.45) is 0 Å². The number of unbranched alkanes of at least 4 members (excludes halogenated alkanes) is 14. The summed E-state index contributed by atoms with van der Waals surface area (Å²) in [7, 11) is 0. The molecule has 0 rings (SSSR count). The molecule has 0 aromatic rings. The summed E-state index contributed by atoms with van der Waals surface area (Å²) in [5.41, 5.74) is 0. The molecular formula is C18H36CaLiO3+3. The minimum Gasteiger partial charge on any atom is -0.301 e. The van der Waals surface area contributed by atoms with Gasteiger partial charge in [-0.3, -0.25) is 0 Å². The van der Waals surface area contributed by atoms with E-state index in [1.807, 2.05) is 0 Å². The molecular weight excluding hydrogens is 311 g/mol. The van der Waals surface area contributed by atoms with Crippen molar-refractivity contribution in [1.29, 1.82) is 0 Å². The summed E-state index contributed by atoms with van der Waals surface area (Å²) in [5.74, 6) is -0.510. The zero-order valence-electron chi connectivity index (χ0n) is 15.8. The monoisotopic (exact) mass is 347 g/mol. The van der Waals surface area contributed by atoms with Crippen molar-refractivity contribution in [3.8, 4) is 0 Å². The number of hydrogen-bond acceptors (Lipinski definition) is 3. The van der Waals surface area contributed by atoms with Crippen LogP contribution in [-0.4, -0.2) is 49.0 Å². The van der Waals surface area contributed by atoms with E-state index in [4.69, 9.17) is 5.26 Å². The molecule has 0 amide bonds. The van der Waals surface area contributed by atoms with E-state index >= 15 is 0 Å². The summed E-state index contributed by atoms with van der Waals surface area (Å²) < 4.78 is 0. The van der Waals surface area contributed by atoms with Crippen LogP contribution in [0.2, 0.25) is 0 Å². The van der Waals surface area contributed by atoms with Crippen LogP contribution in [0, 0.1) is 0 Å². The van der Waals surface area contributed by atoms with Crippen molar-refractivity contribution in [2.45, 2.75) is 110 Å². The molecule has 0 radical (unpaired) electrons. The average molecular weight is 348 g/mol. The first kappa shape index (κ1) is 29.1. The van der Waals surface area contributed by atoms with E-state index in [0.29, 0.717) is 6.42 Å². The van der Waals surface area contributed by atoms with E-state index in [9.17, 15) is 4.79 Å². The summed E-state index contributed by atoms with van der Waals surface area (Å²) in [6.45, 7) is 2.27. The topological polar surface area (TPSA) is 46.5 Å². The van der Waals surface area contributed by atoms with Crippen molar-refractivity contribution in [3.05, 3.63) is 0 Å². The molecule has 0 aliphatic carbocycles. The third-order valence-electron chi connectivity index (χ3n) is 4.09. The third-order valence-corrected chi connectivity index (χ3v) is 4.09. The number of rotatable bonds is 16. The molecule has 5 heteroatoms. The van der Waals surface area contributed by atoms with E-state index in [-0.39, 0.29) is 56.6 Å². The Morgan fingerprint density at radius 3 is 1.30 bits per heavy atom. The van der Waals surface area contributed by atoms with Gasteiger partial charge in [0.2, 0.25) is 0 Å². The Kier molecular flexibility index (Phi) is 32.3. The van der Waals surface area contributed by atoms with Gasteiger partial charge in [0.25, 0.3) is 0 Å². The molecule has 0 atom stereocenters. The Morgan fingerprint density at radius 1 is 0.696 bits per heavy atom. The van der Waals surface area contributed by atoms with Gasteiger partial charge in [0.1, 0.15) is 0 Å². The Hall–Kier alpha value is 1.29. The molecule has 0 spiro atoms. The van der Waals surface area contributed by atoms with Gasteiger partial charge in [-0.25, -0.2) is 4.79 Å². The molecule has 23 heavy (non-hydrogen) atoms. The third kappa shape index (κ3) is 25.6. The van der Waals surface area contributed by atoms with E-state index in [1.54, 1.807) is 0 Å². The Balaban J connectivity index is -0.00000200. The van der Waals surface area contributed by atoms with Crippen LogP contribution in [-0.2, 0) is 9.68 Å². The molecule has 0 aliphatic rings. The Morgan fingerprint density at radius 2 is 1.00 bits per heavy atom. The molecule has 0 unspecified atom stereocenters. The Labute approximate surface area is 185 Å². The summed E-state index contributed by atoms with van der Waals surface area (Å²) in [6.07, 6.45) is 20.0. The van der Waals surface area contributed by atoms with Gasteiger partial charge in [0.15, 0.2) is 0 Å². The molecule has 0 saturated carbocycles. The van der Waals surface area contributed by atoms with Crippen molar-refractivity contribution in [3.63, 3.8) is 0 Å². The molecule has 0 aliphatic heterocycles. The fourth-order valence-corrected chi connectivity index (χ4v) is 2.69. The van der Waals surface area contributed by atoms with Crippen LogP contribution in [0.25, 0.3) is 0 Å². The quantitative estimate of drug-likeness (QED) is 0.202. The predicted molar refractivity (Wildman–Crippen MR) is 94.0 cm³/mol. The van der Waals surface area contributed by atoms with Gasteiger partial charge in [0.05, 0.1) is 0 Å². The number of hydrogen-bond donors (Lipinski definition) is 1. The summed E-state index contributed by atoms with van der Waals surface area (Å²) in [5, 5.41) is 8.10. The number of carbonyl (C=O) groups excluding carboxylic acids is 1. The predicted octanol–water partition coefficient (Wildman–Crippen LogP) is 2.89. The molecule has 0 heterocycles. The van der Waals surface area contributed by atoms with Gasteiger partial charge < -0.3 is 4.89 Å². The summed E-state index contributed by atoms with van der Waals surface area (Å²) in [6, 6.07) is 0. The Bertz CT molecular complexity index is 228. The van der Waals surface area contributed by atoms with Gasteiger partial charge in [-0.15, -0.1) is 0 Å². The standard InChI is InChI=1S/C18H36O3.Ca.Li/c1-2-3-4-5-6-7-8-9-10-11-12-13-14-15-16-17-18(19)21-20;;/h20H,2-17H2,1H3;;/q;+2;+1. The number of carbonyl (C=O) groups is 1. The molecule has 0 fully saturated rings. The zero-order chi connectivity index (χ0) is 15.6. The van der Waals surface area contributed by atoms with Crippen LogP contribution in [0.3, 0.4) is 0 Å². The normalized spacial score (nSPS) is 9.83. The van der Waals surface area contributed by atoms with Gasteiger partial charge >= 0.3 is 62.6 Å². The minimum absolute atomic E-state index is 0. The molecule has 0 aromatic heterocycles. The SMILES string of the molecule is CCCCCCCCCCCCCCCCCC(=O)OO.[Ca+2].[Li+]. The van der Waals surface area contributed by atoms with Crippen molar-refractivity contribution < 1.29 is 33.8 Å². The van der Waals surface area contributed by atoms with Crippen molar-refractivity contribution in [2.75, 3.05) is 0 Å². The minimum atomic E-state index is -0.510. The molecule has 0 aromatic carbocycles. The molecule has 0 saturated heterocycles. The smallest absolute Gasteiger partial charge is 0.301 e. The van der Waals surface area contributed by atoms with Gasteiger partial charge in [-0.05, 0) is 6.42 Å². The zero-order valence-corrected chi connectivity index (χ0v) is 18.0. The van der Waals surface area contributed by atoms with E-state index in [1.165, 1.54) is 83.5 Å². The summed E-state index contributed by atoms with van der Waals surface area (Å²) in [4.78, 5) is 14.3. The van der Waals surface area contributed by atoms with Crippen molar-refractivity contribution >= 4 is 43.7 Å². The van der Waals surface area contributed by atoms with Crippen LogP contribution < -0.4 is 18.9 Å². The first-order chi connectivity index (χ1) is 10.3. The van der Waals surface area contributed by atoms with E-state index in [0.717, 1.165) is 12.8 Å². The summed E-state index contributed by atoms with van der Waals surface area (Å²) >= 11 is 0. The van der Waals surface area contributed by atoms with Crippen LogP contribution in [0.5, 0.6) is 0 Å². The first-order valence-electron chi connectivity index (χ1n) is 9.15. The van der Waals surface area contributed by atoms with Gasteiger partial charge in [-0.2, -0.15) is 5.26 Å². The van der Waals surface area contributed by atoms with Crippen LogP contribution >= 0.6 is 0 Å². The second kappa shape index (κ2) is 25.5. The first-order valence-corrected chi connectivity index (χ1v) is 9.15. The second-order valence-electron chi connectivity index (χ2n) is 6.16. The fraction of sp³-hybridized carbons (Fsp3) is 0.944. The van der Waals surface area contributed by atoms with Crippen LogP contribution in [0.1, 0.15) is 110 Å². The van der Waals surface area contributed by atoms with Gasteiger partial charge in [-0.1, -0.05) is 96.8 Å². The fourth-order valence-electron chi connectivity index (χ4n) is 2.69. The maximum absolute atomic E-state index is 10.7. The molecule has 3 nitrogen and oxygen atoms in total. The molecule has 0 bridgehead atoms. The molecule has 1 N–H and O–H groups in total. The molecule has 126 valence electrons. The maximum Gasteiger partial charge on any atom is 2.00 e. The van der Waals surface area contributed by atoms with E-state index < -0.39 is 5.97 Å².